The van der Waals surface area contributed by atoms with Gasteiger partial charge in [0.25, 0.3) is 5.91 Å². The van der Waals surface area contributed by atoms with Crippen molar-refractivity contribution in [2.45, 2.75) is 33.5 Å². The lowest BCUT2D eigenvalue weighted by Gasteiger charge is -2.28. The molecule has 1 aliphatic rings. The van der Waals surface area contributed by atoms with E-state index in [1.54, 1.807) is 57.3 Å². The second-order valence-corrected chi connectivity index (χ2v) is 9.45. The molecule has 1 aromatic heterocycles. The van der Waals surface area contributed by atoms with E-state index in [-0.39, 0.29) is 12.3 Å². The number of para-hydroxylation sites is 1. The second-order valence-electron chi connectivity index (χ2n) is 9.45. The van der Waals surface area contributed by atoms with Crippen molar-refractivity contribution < 1.29 is 14.4 Å². The lowest BCUT2D eigenvalue weighted by atomic mass is 9.90. The fourth-order valence-electron chi connectivity index (χ4n) is 3.73. The molecule has 0 bridgehead atoms. The summed E-state index contributed by atoms with van der Waals surface area (Å²) in [6.07, 6.45) is 1.87. The van der Waals surface area contributed by atoms with Crippen LogP contribution in [0.15, 0.2) is 66.0 Å². The number of benzene rings is 2. The summed E-state index contributed by atoms with van der Waals surface area (Å²) in [7, 11) is 0. The number of nitrogens with two attached hydrogens (primary N) is 1. The summed E-state index contributed by atoms with van der Waals surface area (Å²) in [5.41, 5.74) is 8.46. The van der Waals surface area contributed by atoms with E-state index < -0.39 is 23.5 Å². The Labute approximate surface area is 209 Å². The van der Waals surface area contributed by atoms with Crippen molar-refractivity contribution in [1.82, 2.24) is 15.3 Å². The van der Waals surface area contributed by atoms with Gasteiger partial charge in [0.1, 0.15) is 5.69 Å². The number of aromatic nitrogens is 2. The molecule has 2 heterocycles. The number of imidazole rings is 1. The van der Waals surface area contributed by atoms with Crippen LogP contribution in [0.1, 0.15) is 37.6 Å². The Morgan fingerprint density at radius 1 is 1.14 bits per heavy atom. The zero-order valence-corrected chi connectivity index (χ0v) is 20.4. The Morgan fingerprint density at radius 2 is 1.92 bits per heavy atom. The molecule has 4 rings (SSSR count). The highest BCUT2D eigenvalue weighted by Gasteiger charge is 2.36. The zero-order valence-electron chi connectivity index (χ0n) is 20.4. The van der Waals surface area contributed by atoms with E-state index in [4.69, 9.17) is 5.73 Å². The number of Topliss-reactive ketones (excluding diaryl/α,β-unsaturated/α-hetero) is 1. The third-order valence-electron chi connectivity index (χ3n) is 5.78. The molecular weight excluding hydrogens is 458 g/mol. The van der Waals surface area contributed by atoms with Crippen molar-refractivity contribution in [2.75, 3.05) is 16.8 Å². The van der Waals surface area contributed by atoms with Gasteiger partial charge in [0.15, 0.2) is 5.78 Å². The van der Waals surface area contributed by atoms with Crippen LogP contribution < -0.4 is 21.3 Å². The summed E-state index contributed by atoms with van der Waals surface area (Å²) in [5, 5.41) is 5.38. The van der Waals surface area contributed by atoms with E-state index in [1.165, 1.54) is 11.2 Å². The maximum atomic E-state index is 13.8. The molecule has 36 heavy (non-hydrogen) atoms. The molecule has 10 nitrogen and oxygen atoms in total. The summed E-state index contributed by atoms with van der Waals surface area (Å²) < 4.78 is 0. The Hall–Kier alpha value is -4.31. The number of rotatable bonds is 6. The highest BCUT2D eigenvalue weighted by molar-refractivity contribution is 6.20. The number of hydrogen-bond donors (Lipinski definition) is 4. The van der Waals surface area contributed by atoms with Gasteiger partial charge >= 0.3 is 6.03 Å². The average molecular weight is 488 g/mol. The first-order chi connectivity index (χ1) is 17.2. The molecule has 3 aromatic rings. The molecule has 0 radical (unpaired) electrons. The number of ketones is 1. The fraction of sp³-hybridized carbons (Fsp3) is 0.269. The Kier molecular flexibility index (Phi) is 6.98. The lowest BCUT2D eigenvalue weighted by Crippen LogP contribution is -2.50. The normalized spacial score (nSPS) is 15.6. The number of urea groups is 1. The molecule has 1 atom stereocenters. The van der Waals surface area contributed by atoms with Gasteiger partial charge in [-0.25, -0.2) is 14.8 Å². The largest absolute Gasteiger partial charge is 0.351 e. The second kappa shape index (κ2) is 10.1. The Balaban J connectivity index is 1.72. The molecular formula is C26H29N7O3. The van der Waals surface area contributed by atoms with E-state index in [0.717, 1.165) is 5.56 Å². The molecule has 0 saturated heterocycles. The number of aromatic amines is 1. The summed E-state index contributed by atoms with van der Waals surface area (Å²) in [6, 6.07) is 13.6. The van der Waals surface area contributed by atoms with E-state index >= 15 is 0 Å². The van der Waals surface area contributed by atoms with Gasteiger partial charge in [0.05, 0.1) is 24.3 Å². The monoisotopic (exact) mass is 487 g/mol. The molecule has 186 valence electrons. The molecule has 5 N–H and O–H groups in total. The van der Waals surface area contributed by atoms with Crippen LogP contribution >= 0.6 is 0 Å². The van der Waals surface area contributed by atoms with Crippen molar-refractivity contribution in [2.24, 2.45) is 16.1 Å². The number of nitrogens with zero attached hydrogens (tertiary/aromatic N) is 3. The molecule has 1 aliphatic heterocycles. The number of carbonyl (C=O) groups excluding carboxylic acids is 3. The first-order valence-corrected chi connectivity index (χ1v) is 11.5. The molecule has 0 spiro atoms. The quantitative estimate of drug-likeness (QED) is 0.422. The number of nitrogens with one attached hydrogen (secondary N) is 3. The number of anilines is 2. The highest BCUT2D eigenvalue weighted by atomic mass is 16.2. The summed E-state index contributed by atoms with van der Waals surface area (Å²) in [4.78, 5) is 52.8. The lowest BCUT2D eigenvalue weighted by molar-refractivity contribution is -0.127. The van der Waals surface area contributed by atoms with Crippen LogP contribution in [0.2, 0.25) is 0 Å². The van der Waals surface area contributed by atoms with Crippen LogP contribution in [-0.2, 0) is 16.1 Å². The molecule has 10 heteroatoms. The third kappa shape index (κ3) is 5.33. The predicted octanol–water partition coefficient (Wildman–Crippen LogP) is 2.82. The molecule has 0 saturated carbocycles. The maximum Gasteiger partial charge on any atom is 0.321 e. The van der Waals surface area contributed by atoms with Crippen LogP contribution in [0.5, 0.6) is 0 Å². The van der Waals surface area contributed by atoms with E-state index in [9.17, 15) is 14.4 Å². The molecule has 0 aliphatic carbocycles. The molecule has 3 amide bonds. The number of benzodiazepines with no additional fused rings is 1. The number of aliphatic imine (C=N–C) groups is 1. The van der Waals surface area contributed by atoms with Crippen molar-refractivity contribution in [3.8, 4) is 0 Å². The smallest absolute Gasteiger partial charge is 0.321 e. The minimum atomic E-state index is -1.30. The molecule has 2 aromatic carbocycles. The minimum absolute atomic E-state index is 0.129. The van der Waals surface area contributed by atoms with Crippen LogP contribution in [0.3, 0.4) is 0 Å². The van der Waals surface area contributed by atoms with E-state index in [0.29, 0.717) is 34.9 Å². The summed E-state index contributed by atoms with van der Waals surface area (Å²) >= 11 is 0. The van der Waals surface area contributed by atoms with Crippen molar-refractivity contribution >= 4 is 34.8 Å². The minimum Gasteiger partial charge on any atom is -0.351 e. The third-order valence-corrected chi connectivity index (χ3v) is 5.78. The van der Waals surface area contributed by atoms with Gasteiger partial charge in [0.2, 0.25) is 6.17 Å². The summed E-state index contributed by atoms with van der Waals surface area (Å²) in [6.45, 7) is 5.56. The van der Waals surface area contributed by atoms with Crippen LogP contribution in [0.25, 0.3) is 0 Å². The number of carbonyl (C=O) groups is 3. The number of fused-ring (bicyclic) bond motifs is 1. The van der Waals surface area contributed by atoms with Crippen molar-refractivity contribution in [3.63, 3.8) is 0 Å². The average Bonchev–Trinajstić information content (AvgIpc) is 3.35. The Bertz CT molecular complexity index is 1310. The first-order valence-electron chi connectivity index (χ1n) is 11.5. The Morgan fingerprint density at radius 3 is 2.61 bits per heavy atom. The SMILES string of the molecule is CC(C)(C)C(=O)CN1C(=O)C(NC(=O)Nc2cccc(CN)c2)N=C(c2c[nH]cn2)c2ccccc21. The first kappa shape index (κ1) is 24.8. The van der Waals surface area contributed by atoms with Gasteiger partial charge in [-0.1, -0.05) is 51.1 Å². The maximum absolute atomic E-state index is 13.8. The summed E-state index contributed by atoms with van der Waals surface area (Å²) in [5.74, 6) is -0.660. The number of H-pyrrole nitrogens is 1. The van der Waals surface area contributed by atoms with Crippen LogP contribution in [-0.4, -0.2) is 46.1 Å². The van der Waals surface area contributed by atoms with Gasteiger partial charge < -0.3 is 26.3 Å². The topological polar surface area (TPSA) is 146 Å². The van der Waals surface area contributed by atoms with Gasteiger partial charge in [-0.05, 0) is 23.8 Å². The predicted molar refractivity (Wildman–Crippen MR) is 138 cm³/mol. The standard InChI is InChI=1S/C26H29N7O3/c1-26(2,3)21(34)14-33-20-10-5-4-9-18(20)22(19-13-28-15-29-19)31-23(24(33)35)32-25(36)30-17-8-6-7-16(11-17)12-27/h4-11,13,15,23H,12,14,27H2,1-3H3,(H,28,29)(H2,30,32,36). The molecule has 1 unspecified atom stereocenters. The number of amides is 3. The zero-order chi connectivity index (χ0) is 25.9. The van der Waals surface area contributed by atoms with Crippen LogP contribution in [0.4, 0.5) is 16.2 Å². The highest BCUT2D eigenvalue weighted by Crippen LogP contribution is 2.29. The van der Waals surface area contributed by atoms with E-state index in [2.05, 4.69) is 25.6 Å². The van der Waals surface area contributed by atoms with Gasteiger partial charge in [-0.3, -0.25) is 9.59 Å². The number of hydrogen-bond acceptors (Lipinski definition) is 6. The van der Waals surface area contributed by atoms with Crippen molar-refractivity contribution in [1.29, 1.82) is 0 Å². The molecule has 0 fully saturated rings. The van der Waals surface area contributed by atoms with E-state index in [1.807, 2.05) is 18.2 Å². The van der Waals surface area contributed by atoms with Crippen molar-refractivity contribution in [3.05, 3.63) is 77.9 Å². The van der Waals surface area contributed by atoms with Gasteiger partial charge in [0, 0.05) is 29.4 Å². The van der Waals surface area contributed by atoms with Gasteiger partial charge in [-0.2, -0.15) is 0 Å². The van der Waals surface area contributed by atoms with Crippen LogP contribution in [0, 0.1) is 5.41 Å². The fourth-order valence-corrected chi connectivity index (χ4v) is 3.73. The van der Waals surface area contributed by atoms with Gasteiger partial charge in [-0.15, -0.1) is 0 Å².